The van der Waals surface area contributed by atoms with Crippen molar-refractivity contribution in [3.05, 3.63) is 18.2 Å². The summed E-state index contributed by atoms with van der Waals surface area (Å²) in [5.74, 6) is 0.545. The van der Waals surface area contributed by atoms with Gasteiger partial charge in [0.1, 0.15) is 0 Å². The Kier molecular flexibility index (Phi) is 6.15. The molecule has 0 radical (unpaired) electrons. The van der Waals surface area contributed by atoms with E-state index >= 15 is 0 Å². The zero-order valence-corrected chi connectivity index (χ0v) is 17.6. The van der Waals surface area contributed by atoms with Gasteiger partial charge in [-0.3, -0.25) is 0 Å². The average molecular weight is 395 g/mol. The zero-order valence-electron chi connectivity index (χ0n) is 16.8. The highest BCUT2D eigenvalue weighted by molar-refractivity contribution is 7.89. The van der Waals surface area contributed by atoms with Crippen LogP contribution in [-0.2, 0) is 20.7 Å². The molecule has 27 heavy (non-hydrogen) atoms. The molecular weight excluding hydrogens is 365 g/mol. The number of hydrogen-bond acceptors (Lipinski definition) is 6. The van der Waals surface area contributed by atoms with Gasteiger partial charge in [0.05, 0.1) is 41.8 Å². The molecule has 1 aliphatic heterocycles. The van der Waals surface area contributed by atoms with Gasteiger partial charge in [0.2, 0.25) is 4.90 Å². The number of aliphatic hydroxyl groups is 1. The number of rotatable bonds is 5. The third-order valence-electron chi connectivity index (χ3n) is 5.88. The van der Waals surface area contributed by atoms with Crippen molar-refractivity contribution in [2.45, 2.75) is 81.6 Å². The van der Waals surface area contributed by atoms with Crippen LogP contribution in [0.2, 0.25) is 0 Å². The Bertz CT molecular complexity index is 648. The molecule has 1 saturated carbocycles. The van der Waals surface area contributed by atoms with Gasteiger partial charge in [-0.25, -0.2) is 0 Å². The Labute approximate surface area is 165 Å². The molecule has 0 aromatic heterocycles. The van der Waals surface area contributed by atoms with Gasteiger partial charge in [-0.1, -0.05) is 6.07 Å². The predicted octanol–water partition coefficient (Wildman–Crippen LogP) is 1.91. The quantitative estimate of drug-likeness (QED) is 0.586. The molecule has 1 saturated heterocycles. The first-order chi connectivity index (χ1) is 12.6. The van der Waals surface area contributed by atoms with Crippen LogP contribution in [0.4, 0.5) is 0 Å². The molecule has 150 valence electrons. The lowest BCUT2D eigenvalue weighted by Gasteiger charge is -2.32. The van der Waals surface area contributed by atoms with Gasteiger partial charge < -0.3 is 23.7 Å². The fourth-order valence-corrected chi connectivity index (χ4v) is 4.55. The summed E-state index contributed by atoms with van der Waals surface area (Å²) in [5, 5.41) is 9.62. The molecule has 1 aliphatic carbocycles. The molecule has 1 unspecified atom stereocenters. The molecule has 1 aromatic carbocycles. The maximum atomic E-state index is 12.8. The lowest BCUT2D eigenvalue weighted by Crippen LogP contribution is -2.41. The predicted molar refractivity (Wildman–Crippen MR) is 107 cm³/mol. The van der Waals surface area contributed by atoms with Crippen LogP contribution >= 0.6 is 0 Å². The Morgan fingerprint density at radius 3 is 2.30 bits per heavy atom. The van der Waals surface area contributed by atoms with Gasteiger partial charge in [-0.15, -0.1) is 4.72 Å². The molecular formula is C19H30BNO5S. The number of ether oxygens (including phenoxy) is 1. The smallest absolute Gasteiger partial charge is 0.494 e. The molecule has 1 atom stereocenters. The monoisotopic (exact) mass is 395 g/mol. The van der Waals surface area contributed by atoms with Crippen molar-refractivity contribution in [1.82, 2.24) is 4.72 Å². The number of benzene rings is 1. The van der Waals surface area contributed by atoms with E-state index in [0.717, 1.165) is 31.1 Å². The van der Waals surface area contributed by atoms with Gasteiger partial charge in [-0.05, 0) is 71.0 Å². The van der Waals surface area contributed by atoms with Gasteiger partial charge in [0, 0.05) is 0 Å². The van der Waals surface area contributed by atoms with Crippen LogP contribution in [0.5, 0.6) is 5.75 Å². The minimum Gasteiger partial charge on any atom is -0.593 e. The summed E-state index contributed by atoms with van der Waals surface area (Å²) in [6, 6.07) is 5.66. The molecule has 1 heterocycles. The van der Waals surface area contributed by atoms with E-state index in [2.05, 4.69) is 4.72 Å². The van der Waals surface area contributed by atoms with Crippen LogP contribution in [0.15, 0.2) is 23.1 Å². The fourth-order valence-electron chi connectivity index (χ4n) is 3.37. The lowest BCUT2D eigenvalue weighted by atomic mass is 9.79. The Morgan fingerprint density at radius 1 is 1.15 bits per heavy atom. The highest BCUT2D eigenvalue weighted by atomic mass is 32.2. The van der Waals surface area contributed by atoms with Crippen LogP contribution in [-0.4, -0.2) is 47.2 Å². The summed E-state index contributed by atoms with van der Waals surface area (Å²) in [6.45, 7) is 8.05. The number of hydrogen-bond donors (Lipinski definition) is 2. The average Bonchev–Trinajstić information content (AvgIpc) is 2.84. The summed E-state index contributed by atoms with van der Waals surface area (Å²) in [7, 11) is 1.08. The summed E-state index contributed by atoms with van der Waals surface area (Å²) >= 11 is -1.38. The third kappa shape index (κ3) is 4.47. The van der Waals surface area contributed by atoms with Gasteiger partial charge in [0.25, 0.3) is 0 Å². The first-order valence-electron chi connectivity index (χ1n) is 9.52. The second kappa shape index (κ2) is 7.93. The number of nitrogens with one attached hydrogen (secondary N) is 1. The molecule has 8 heteroatoms. The van der Waals surface area contributed by atoms with Crippen molar-refractivity contribution in [3.8, 4) is 5.75 Å². The molecule has 2 N–H and O–H groups in total. The van der Waals surface area contributed by atoms with Gasteiger partial charge >= 0.3 is 7.12 Å². The van der Waals surface area contributed by atoms with E-state index in [1.165, 1.54) is 0 Å². The van der Waals surface area contributed by atoms with Crippen molar-refractivity contribution in [1.29, 1.82) is 0 Å². The van der Waals surface area contributed by atoms with Crippen molar-refractivity contribution in [2.24, 2.45) is 0 Å². The fraction of sp³-hybridized carbons (Fsp3) is 0.684. The van der Waals surface area contributed by atoms with E-state index in [1.54, 1.807) is 13.2 Å². The van der Waals surface area contributed by atoms with Crippen molar-refractivity contribution >= 4 is 23.9 Å². The molecule has 2 aliphatic rings. The Balaban J connectivity index is 1.73. The molecule has 0 spiro atoms. The van der Waals surface area contributed by atoms with Crippen molar-refractivity contribution < 1.29 is 23.7 Å². The first-order valence-corrected chi connectivity index (χ1v) is 10.7. The van der Waals surface area contributed by atoms with E-state index in [-0.39, 0.29) is 12.1 Å². The largest absolute Gasteiger partial charge is 0.593 e. The van der Waals surface area contributed by atoms with Crippen molar-refractivity contribution in [2.75, 3.05) is 7.11 Å². The zero-order chi connectivity index (χ0) is 19.8. The highest BCUT2D eigenvalue weighted by Crippen LogP contribution is 2.37. The molecule has 0 bridgehead atoms. The maximum absolute atomic E-state index is 12.8. The first kappa shape index (κ1) is 21.0. The van der Waals surface area contributed by atoms with E-state index < -0.39 is 29.7 Å². The standard InChI is InChI=1S/C19H30BNO5S/c1-18(2)19(3,4)26-20(25-18)13-6-11-17(16(12-13)24-5)27(23)21-14-7-9-15(22)10-8-14/h6,11-12,14-15,21-22H,7-10H2,1-5H3/t14-,15-,27?. The van der Waals surface area contributed by atoms with E-state index in [9.17, 15) is 9.66 Å². The number of aliphatic hydroxyl groups excluding tert-OH is 1. The molecule has 2 fully saturated rings. The second-order valence-electron chi connectivity index (χ2n) is 8.39. The Morgan fingerprint density at radius 2 is 1.74 bits per heavy atom. The summed E-state index contributed by atoms with van der Waals surface area (Å²) in [4.78, 5) is 0.601. The van der Waals surface area contributed by atoms with Crippen LogP contribution in [0.1, 0.15) is 53.4 Å². The summed E-state index contributed by atoms with van der Waals surface area (Å²) < 4.78 is 33.6. The topological polar surface area (TPSA) is 83.0 Å². The molecule has 3 rings (SSSR count). The molecule has 6 nitrogen and oxygen atoms in total. The van der Waals surface area contributed by atoms with E-state index in [0.29, 0.717) is 10.6 Å². The maximum Gasteiger partial charge on any atom is 0.494 e. The van der Waals surface area contributed by atoms with Crippen molar-refractivity contribution in [3.63, 3.8) is 0 Å². The second-order valence-corrected chi connectivity index (χ2v) is 9.60. The molecule has 0 amide bonds. The normalized spacial score (nSPS) is 28.2. The highest BCUT2D eigenvalue weighted by Gasteiger charge is 2.51. The SMILES string of the molecule is COc1cc(B2OC(C)(C)C(C)(C)O2)ccc1[S+]([O-])N[C@H]1CC[C@H](O)CC1. The third-order valence-corrected chi connectivity index (χ3v) is 7.17. The van der Waals surface area contributed by atoms with E-state index in [1.807, 2.05) is 39.8 Å². The van der Waals surface area contributed by atoms with Crippen LogP contribution in [0, 0.1) is 0 Å². The van der Waals surface area contributed by atoms with E-state index in [4.69, 9.17) is 14.0 Å². The number of methoxy groups -OCH3 is 1. The molecule has 1 aromatic rings. The van der Waals surface area contributed by atoms with Crippen LogP contribution < -0.4 is 14.9 Å². The summed E-state index contributed by atoms with van der Waals surface area (Å²) in [6.07, 6.45) is 2.90. The van der Waals surface area contributed by atoms with Gasteiger partial charge in [0.15, 0.2) is 5.75 Å². The minimum atomic E-state index is -1.38. The lowest BCUT2D eigenvalue weighted by molar-refractivity contribution is 0.00578. The Hall–Kier alpha value is -0.765. The summed E-state index contributed by atoms with van der Waals surface area (Å²) in [5.41, 5.74) is 0.00552. The van der Waals surface area contributed by atoms with Gasteiger partial charge in [-0.2, -0.15) is 0 Å². The minimum absolute atomic E-state index is 0.140. The van der Waals surface area contributed by atoms with Crippen LogP contribution in [0.3, 0.4) is 0 Å². The van der Waals surface area contributed by atoms with Crippen LogP contribution in [0.25, 0.3) is 0 Å².